The fraction of sp³-hybridized carbons (Fsp3) is 0.786. The van der Waals surface area contributed by atoms with Gasteiger partial charge >= 0.3 is 11.9 Å². The smallest absolute Gasteiger partial charge is 0.309 e. The molecule has 0 radical (unpaired) electrons. The maximum Gasteiger partial charge on any atom is 0.309 e. The summed E-state index contributed by atoms with van der Waals surface area (Å²) in [4.78, 5) is 23.1. The quantitative estimate of drug-likeness (QED) is 0.505. The number of carbonyl (C=O) groups is 2. The van der Waals surface area contributed by atoms with Gasteiger partial charge in [0, 0.05) is 18.3 Å². The Morgan fingerprint density at radius 3 is 2.67 bits per heavy atom. The van der Waals surface area contributed by atoms with Crippen LogP contribution >= 0.6 is 0 Å². The molecule has 0 saturated heterocycles. The van der Waals surface area contributed by atoms with E-state index < -0.39 is 0 Å². The molecule has 0 spiro atoms. The van der Waals surface area contributed by atoms with E-state index in [1.807, 2.05) is 12.3 Å². The van der Waals surface area contributed by atoms with Crippen LogP contribution in [0.5, 0.6) is 0 Å². The summed E-state index contributed by atoms with van der Waals surface area (Å²) < 4.78 is 17.2. The average Bonchev–Trinajstić information content (AvgIpc) is 2.94. The Hall–Kier alpha value is -1.78. The van der Waals surface area contributed by atoms with Crippen molar-refractivity contribution in [3.8, 4) is 0 Å². The van der Waals surface area contributed by atoms with Crippen molar-refractivity contribution in [1.29, 1.82) is 0 Å². The van der Waals surface area contributed by atoms with E-state index in [0.29, 0.717) is 35.5 Å². The number of allylic oxidation sites excluding steroid dienone is 2. The largest absolute Gasteiger partial charge is 0.494 e. The third kappa shape index (κ3) is 3.39. The Balaban J connectivity index is 1.38. The number of rotatable bonds is 4. The van der Waals surface area contributed by atoms with Crippen LogP contribution in [0.3, 0.4) is 0 Å². The first-order chi connectivity index (χ1) is 15.7. The van der Waals surface area contributed by atoms with Gasteiger partial charge in [-0.1, -0.05) is 26.0 Å². The first kappa shape index (κ1) is 23.0. The predicted octanol–water partition coefficient (Wildman–Crippen LogP) is 5.73. The molecule has 0 aromatic heterocycles. The molecule has 182 valence electrons. The van der Waals surface area contributed by atoms with Crippen LogP contribution in [0.4, 0.5) is 0 Å². The van der Waals surface area contributed by atoms with Crippen molar-refractivity contribution in [2.45, 2.75) is 96.7 Å². The van der Waals surface area contributed by atoms with Crippen molar-refractivity contribution in [2.75, 3.05) is 7.11 Å². The van der Waals surface area contributed by atoms with Gasteiger partial charge in [0.1, 0.15) is 11.7 Å². The second-order valence-electron chi connectivity index (χ2n) is 11.9. The van der Waals surface area contributed by atoms with E-state index in [0.717, 1.165) is 25.7 Å². The van der Waals surface area contributed by atoms with E-state index in [-0.39, 0.29) is 29.1 Å². The number of ether oxygens (including phenoxy) is 3. The highest BCUT2D eigenvalue weighted by Gasteiger charge is 2.70. The molecule has 0 aromatic rings. The Labute approximate surface area is 198 Å². The SMILES string of the molecule is COC(=O)C/C=C/C1=CO[C@]23CCC1[C@@]2(C)CC[C@H]1[C@H]3CC[C@@H]2C[C@@H](OC(C)=O)CC[C@@]21C. The molecule has 0 amide bonds. The summed E-state index contributed by atoms with van der Waals surface area (Å²) in [5.74, 6) is 2.10. The summed E-state index contributed by atoms with van der Waals surface area (Å²) in [7, 11) is 1.43. The topological polar surface area (TPSA) is 61.8 Å². The zero-order valence-corrected chi connectivity index (χ0v) is 20.7. The fourth-order valence-electron chi connectivity index (χ4n) is 9.10. The van der Waals surface area contributed by atoms with Gasteiger partial charge in [-0.2, -0.15) is 0 Å². The molecule has 4 aliphatic carbocycles. The van der Waals surface area contributed by atoms with Gasteiger partial charge in [-0.25, -0.2) is 0 Å². The lowest BCUT2D eigenvalue weighted by Crippen LogP contribution is -2.63. The first-order valence-electron chi connectivity index (χ1n) is 13.0. The highest BCUT2D eigenvalue weighted by Crippen LogP contribution is 2.72. The van der Waals surface area contributed by atoms with Gasteiger partial charge in [-0.15, -0.1) is 0 Å². The molecule has 8 atom stereocenters. The molecule has 5 heteroatoms. The van der Waals surface area contributed by atoms with Crippen molar-refractivity contribution in [2.24, 2.45) is 34.5 Å². The van der Waals surface area contributed by atoms with Crippen LogP contribution in [0.15, 0.2) is 24.0 Å². The molecule has 0 aromatic carbocycles. The molecule has 1 aliphatic heterocycles. The van der Waals surface area contributed by atoms with E-state index in [1.54, 1.807) is 0 Å². The maximum absolute atomic E-state index is 11.5. The normalized spacial score (nSPS) is 45.8. The summed E-state index contributed by atoms with van der Waals surface area (Å²) in [6.45, 7) is 6.55. The molecule has 5 rings (SSSR count). The number of hydrogen-bond donors (Lipinski definition) is 0. The van der Waals surface area contributed by atoms with Gasteiger partial charge in [-0.3, -0.25) is 9.59 Å². The molecule has 33 heavy (non-hydrogen) atoms. The molecule has 5 aliphatic rings. The highest BCUT2D eigenvalue weighted by molar-refractivity contribution is 5.71. The van der Waals surface area contributed by atoms with Gasteiger partial charge in [-0.05, 0) is 86.5 Å². The molecule has 5 nitrogen and oxygen atoms in total. The average molecular weight is 457 g/mol. The van der Waals surface area contributed by atoms with Crippen LogP contribution in [0, 0.1) is 34.5 Å². The standard InChI is InChI=1S/C28H40O5/c1-18(29)33-21-10-13-26(2)20(16-21)8-9-24-23(26)11-14-27(3)22-12-15-28(24,27)32-17-19(22)6-5-7-25(30)31-4/h5-6,17,20-24H,7-16H2,1-4H3/b6-5+/t20-,21+,22?,23+,24-,26+,27-,28+/m1/s1. The minimum atomic E-state index is -0.204. The van der Waals surface area contributed by atoms with Crippen molar-refractivity contribution < 1.29 is 23.8 Å². The van der Waals surface area contributed by atoms with E-state index >= 15 is 0 Å². The summed E-state index contributed by atoms with van der Waals surface area (Å²) in [5.41, 5.74) is 1.67. The fourth-order valence-corrected chi connectivity index (χ4v) is 9.10. The Morgan fingerprint density at radius 2 is 1.91 bits per heavy atom. The number of carbonyl (C=O) groups excluding carboxylic acids is 2. The predicted molar refractivity (Wildman–Crippen MR) is 125 cm³/mol. The minimum absolute atomic E-state index is 0.0546. The Bertz CT molecular complexity index is 876. The summed E-state index contributed by atoms with van der Waals surface area (Å²) in [6, 6.07) is 0. The van der Waals surface area contributed by atoms with Crippen LogP contribution in [0.1, 0.15) is 85.0 Å². The Kier molecular flexibility index (Phi) is 5.69. The van der Waals surface area contributed by atoms with E-state index in [9.17, 15) is 9.59 Å². The van der Waals surface area contributed by atoms with Crippen LogP contribution in [-0.2, 0) is 23.8 Å². The van der Waals surface area contributed by atoms with Crippen molar-refractivity contribution in [3.05, 3.63) is 24.0 Å². The second kappa shape index (κ2) is 8.16. The van der Waals surface area contributed by atoms with Crippen LogP contribution < -0.4 is 0 Å². The zero-order valence-electron chi connectivity index (χ0n) is 20.7. The van der Waals surface area contributed by atoms with Crippen LogP contribution in [0.2, 0.25) is 0 Å². The van der Waals surface area contributed by atoms with Crippen molar-refractivity contribution >= 4 is 11.9 Å². The summed E-state index contributed by atoms with van der Waals surface area (Å²) in [6.07, 6.45) is 16.9. The molecule has 1 heterocycles. The lowest BCUT2D eigenvalue weighted by Gasteiger charge is -2.65. The monoisotopic (exact) mass is 456 g/mol. The molecule has 4 saturated carbocycles. The summed E-state index contributed by atoms with van der Waals surface area (Å²) in [5, 5.41) is 0. The summed E-state index contributed by atoms with van der Waals surface area (Å²) >= 11 is 0. The highest BCUT2D eigenvalue weighted by atomic mass is 16.5. The van der Waals surface area contributed by atoms with Crippen molar-refractivity contribution in [1.82, 2.24) is 0 Å². The van der Waals surface area contributed by atoms with Gasteiger partial charge in [0.2, 0.25) is 0 Å². The second-order valence-corrected chi connectivity index (χ2v) is 11.9. The third-order valence-electron chi connectivity index (χ3n) is 10.7. The number of methoxy groups -OCH3 is 1. The molecular weight excluding hydrogens is 416 g/mol. The maximum atomic E-state index is 11.5. The van der Waals surface area contributed by atoms with E-state index in [2.05, 4.69) is 19.9 Å². The lowest BCUT2D eigenvalue weighted by molar-refractivity contribution is -0.218. The molecular formula is C28H40O5. The Morgan fingerprint density at radius 1 is 1.09 bits per heavy atom. The van der Waals surface area contributed by atoms with Crippen molar-refractivity contribution in [3.63, 3.8) is 0 Å². The third-order valence-corrected chi connectivity index (χ3v) is 10.7. The van der Waals surface area contributed by atoms with Gasteiger partial charge in [0.25, 0.3) is 0 Å². The minimum Gasteiger partial charge on any atom is -0.494 e. The van der Waals surface area contributed by atoms with Crippen LogP contribution in [0.25, 0.3) is 0 Å². The van der Waals surface area contributed by atoms with Gasteiger partial charge < -0.3 is 14.2 Å². The lowest BCUT2D eigenvalue weighted by atomic mass is 9.43. The molecule has 2 bridgehead atoms. The van der Waals surface area contributed by atoms with Crippen LogP contribution in [-0.4, -0.2) is 30.8 Å². The number of fused-ring (bicyclic) bond motifs is 3. The number of hydrogen-bond acceptors (Lipinski definition) is 5. The van der Waals surface area contributed by atoms with Gasteiger partial charge in [0.15, 0.2) is 0 Å². The molecule has 4 fully saturated rings. The molecule has 0 N–H and O–H groups in total. The molecule has 1 unspecified atom stereocenters. The zero-order chi connectivity index (χ0) is 23.4. The van der Waals surface area contributed by atoms with E-state index in [1.165, 1.54) is 51.7 Å². The van der Waals surface area contributed by atoms with E-state index in [4.69, 9.17) is 14.2 Å². The first-order valence-corrected chi connectivity index (χ1v) is 13.0. The van der Waals surface area contributed by atoms with Gasteiger partial charge in [0.05, 0.1) is 19.8 Å². The number of esters is 2.